The Morgan fingerprint density at radius 2 is 2.09 bits per heavy atom. The van der Waals surface area contributed by atoms with Crippen LogP contribution < -0.4 is 4.74 Å². The van der Waals surface area contributed by atoms with Gasteiger partial charge < -0.3 is 9.47 Å². The van der Waals surface area contributed by atoms with Gasteiger partial charge in [-0.2, -0.15) is 9.37 Å². The monoisotopic (exact) mass is 323 g/mol. The van der Waals surface area contributed by atoms with Crippen molar-refractivity contribution in [1.82, 2.24) is 14.5 Å². The van der Waals surface area contributed by atoms with Crippen molar-refractivity contribution in [2.24, 2.45) is 0 Å². The number of methoxy groups -OCH3 is 1. The lowest BCUT2D eigenvalue weighted by atomic mass is 10.2. The third-order valence-electron chi connectivity index (χ3n) is 3.18. The van der Waals surface area contributed by atoms with E-state index in [1.165, 1.54) is 13.3 Å². The molecule has 0 aliphatic rings. The summed E-state index contributed by atoms with van der Waals surface area (Å²) >= 11 is 0. The van der Waals surface area contributed by atoms with E-state index in [0.29, 0.717) is 30.6 Å². The van der Waals surface area contributed by atoms with Gasteiger partial charge in [-0.25, -0.2) is 4.98 Å². The Kier molecular flexibility index (Phi) is 5.31. The molecule has 0 bridgehead atoms. The molecule has 0 aliphatic heterocycles. The lowest BCUT2D eigenvalue weighted by molar-refractivity contribution is 0.0809. The normalized spacial score (nSPS) is 11.7. The molecule has 7 heteroatoms. The average molecular weight is 323 g/mol. The van der Waals surface area contributed by atoms with Crippen LogP contribution in [0.4, 0.5) is 4.39 Å². The van der Waals surface area contributed by atoms with Gasteiger partial charge in [0.1, 0.15) is 6.73 Å². The Labute approximate surface area is 131 Å². The van der Waals surface area contributed by atoms with E-state index < -0.39 is 14.0 Å². The Balaban J connectivity index is 2.08. The smallest absolute Gasteiger partial charge is 0.298 e. The highest BCUT2D eigenvalue weighted by Crippen LogP contribution is 2.23. The van der Waals surface area contributed by atoms with Gasteiger partial charge in [-0.3, -0.25) is 4.57 Å². The van der Waals surface area contributed by atoms with E-state index in [1.54, 1.807) is 22.9 Å². The Hall–Kier alpha value is -1.73. The number of ether oxygens (including phenoxy) is 2. The molecule has 0 fully saturated rings. The van der Waals surface area contributed by atoms with Crippen LogP contribution in [0.25, 0.3) is 11.3 Å². The van der Waals surface area contributed by atoms with Crippen LogP contribution in [0.3, 0.4) is 0 Å². The molecule has 0 atom stereocenters. The molecule has 120 valence electrons. The summed E-state index contributed by atoms with van der Waals surface area (Å²) in [4.78, 5) is 7.92. The Bertz CT molecular complexity index is 625. The lowest BCUT2D eigenvalue weighted by Crippen LogP contribution is -2.22. The van der Waals surface area contributed by atoms with Crippen molar-refractivity contribution in [2.45, 2.75) is 32.4 Å². The van der Waals surface area contributed by atoms with Gasteiger partial charge in [0.05, 0.1) is 18.4 Å². The molecule has 0 aromatic carbocycles. The van der Waals surface area contributed by atoms with Gasteiger partial charge in [0.25, 0.3) is 6.01 Å². The number of pyridine rings is 1. The number of imidazole rings is 1. The van der Waals surface area contributed by atoms with E-state index >= 15 is 0 Å². The van der Waals surface area contributed by atoms with Gasteiger partial charge >= 0.3 is 0 Å². The summed E-state index contributed by atoms with van der Waals surface area (Å²) in [5.74, 6) is -0.547. The third-order valence-corrected chi connectivity index (χ3v) is 4.89. The van der Waals surface area contributed by atoms with Crippen LogP contribution in [-0.4, -0.2) is 36.3 Å². The quantitative estimate of drug-likeness (QED) is 0.445. The molecule has 0 N–H and O–H groups in total. The second-order valence-corrected chi connectivity index (χ2v) is 11.9. The summed E-state index contributed by atoms with van der Waals surface area (Å²) in [6, 6.07) is 4.80. The number of hydrogen-bond donors (Lipinski definition) is 0. The molecule has 0 saturated carbocycles. The summed E-state index contributed by atoms with van der Waals surface area (Å²) in [6.07, 6.45) is 3.13. The number of hydrogen-bond acceptors (Lipinski definition) is 4. The Morgan fingerprint density at radius 3 is 2.73 bits per heavy atom. The van der Waals surface area contributed by atoms with Crippen LogP contribution in [-0.2, 0) is 11.5 Å². The molecule has 2 heterocycles. The minimum atomic E-state index is -1.11. The fraction of sp³-hybridized carbons (Fsp3) is 0.467. The van der Waals surface area contributed by atoms with E-state index in [0.717, 1.165) is 6.04 Å². The van der Waals surface area contributed by atoms with Crippen LogP contribution in [0.5, 0.6) is 6.01 Å². The first-order valence-corrected chi connectivity index (χ1v) is 10.9. The highest BCUT2D eigenvalue weighted by atomic mass is 28.3. The zero-order chi connectivity index (χ0) is 16.2. The number of nitrogens with zero attached hydrogens (tertiary/aromatic N) is 3. The highest BCUT2D eigenvalue weighted by Gasteiger charge is 2.15. The molecular weight excluding hydrogens is 301 g/mol. The predicted octanol–water partition coefficient (Wildman–Crippen LogP) is 3.41. The zero-order valence-electron chi connectivity index (χ0n) is 13.5. The van der Waals surface area contributed by atoms with Crippen LogP contribution in [0, 0.1) is 5.95 Å². The SMILES string of the molecule is COc1nc(-c2cccnc2F)cn1COCC[Si](C)(C)C. The van der Waals surface area contributed by atoms with Crippen molar-refractivity contribution >= 4 is 8.07 Å². The average Bonchev–Trinajstić information content (AvgIpc) is 2.86. The minimum Gasteiger partial charge on any atom is -0.468 e. The van der Waals surface area contributed by atoms with Crippen molar-refractivity contribution in [3.05, 3.63) is 30.5 Å². The van der Waals surface area contributed by atoms with Crippen molar-refractivity contribution in [3.8, 4) is 17.3 Å². The largest absolute Gasteiger partial charge is 0.468 e. The Morgan fingerprint density at radius 1 is 1.32 bits per heavy atom. The number of halogens is 1. The van der Waals surface area contributed by atoms with Gasteiger partial charge in [-0.1, -0.05) is 19.6 Å². The van der Waals surface area contributed by atoms with Gasteiger partial charge in [0.2, 0.25) is 5.95 Å². The molecule has 0 aliphatic carbocycles. The second kappa shape index (κ2) is 7.02. The summed E-state index contributed by atoms with van der Waals surface area (Å²) < 4.78 is 26.4. The van der Waals surface area contributed by atoms with Crippen LogP contribution in [0.15, 0.2) is 24.5 Å². The summed E-state index contributed by atoms with van der Waals surface area (Å²) in [5.41, 5.74) is 0.831. The van der Waals surface area contributed by atoms with Crippen molar-refractivity contribution < 1.29 is 13.9 Å². The third kappa shape index (κ3) is 4.38. The first-order chi connectivity index (χ1) is 10.4. The maximum atomic E-state index is 13.7. The first kappa shape index (κ1) is 16.6. The molecule has 2 rings (SSSR count). The maximum absolute atomic E-state index is 13.7. The second-order valence-electron chi connectivity index (χ2n) is 6.27. The molecule has 5 nitrogen and oxygen atoms in total. The van der Waals surface area contributed by atoms with E-state index in [4.69, 9.17) is 9.47 Å². The molecule has 0 spiro atoms. The zero-order valence-corrected chi connectivity index (χ0v) is 14.5. The van der Waals surface area contributed by atoms with Crippen molar-refractivity contribution in [3.63, 3.8) is 0 Å². The minimum absolute atomic E-state index is 0.336. The standard InChI is InChI=1S/C15H22FN3O2Si/c1-20-15-18-13(12-6-5-7-17-14(12)16)10-19(15)11-21-8-9-22(2,3)4/h5-7,10H,8-9,11H2,1-4H3. The van der Waals surface area contributed by atoms with Crippen LogP contribution in [0.2, 0.25) is 25.7 Å². The summed E-state index contributed by atoms with van der Waals surface area (Å²) in [7, 11) is 0.421. The topological polar surface area (TPSA) is 49.2 Å². The molecule has 0 amide bonds. The number of aromatic nitrogens is 3. The molecule has 2 aromatic heterocycles. The van der Waals surface area contributed by atoms with Crippen molar-refractivity contribution in [2.75, 3.05) is 13.7 Å². The lowest BCUT2D eigenvalue weighted by Gasteiger charge is -2.15. The van der Waals surface area contributed by atoms with Gasteiger partial charge in [0.15, 0.2) is 0 Å². The maximum Gasteiger partial charge on any atom is 0.298 e. The predicted molar refractivity (Wildman–Crippen MR) is 86.1 cm³/mol. The molecule has 22 heavy (non-hydrogen) atoms. The van der Waals surface area contributed by atoms with Gasteiger partial charge in [0, 0.05) is 27.1 Å². The molecule has 0 unspecified atom stereocenters. The summed E-state index contributed by atoms with van der Waals surface area (Å²) in [6.45, 7) is 7.95. The van der Waals surface area contributed by atoms with E-state index in [2.05, 4.69) is 29.6 Å². The molecular formula is C15H22FN3O2Si. The van der Waals surface area contributed by atoms with Crippen molar-refractivity contribution in [1.29, 1.82) is 0 Å². The first-order valence-electron chi connectivity index (χ1n) is 7.20. The van der Waals surface area contributed by atoms with Gasteiger partial charge in [-0.15, -0.1) is 0 Å². The molecule has 0 radical (unpaired) electrons. The van der Waals surface area contributed by atoms with E-state index in [1.807, 2.05) is 0 Å². The van der Waals surface area contributed by atoms with Gasteiger partial charge in [-0.05, 0) is 18.2 Å². The number of rotatable bonds is 7. The molecule has 0 saturated heterocycles. The molecule has 2 aromatic rings. The summed E-state index contributed by atoms with van der Waals surface area (Å²) in [5, 5.41) is 0. The van der Waals surface area contributed by atoms with E-state index in [9.17, 15) is 4.39 Å². The fourth-order valence-electron chi connectivity index (χ4n) is 1.90. The van der Waals surface area contributed by atoms with Crippen LogP contribution >= 0.6 is 0 Å². The van der Waals surface area contributed by atoms with E-state index in [-0.39, 0.29) is 0 Å². The highest BCUT2D eigenvalue weighted by molar-refractivity contribution is 6.76. The fourth-order valence-corrected chi connectivity index (χ4v) is 2.66. The van der Waals surface area contributed by atoms with Crippen LogP contribution in [0.1, 0.15) is 0 Å².